The van der Waals surface area contributed by atoms with Gasteiger partial charge in [0.05, 0.1) is 22.8 Å². The molecule has 148 valence electrons. The van der Waals surface area contributed by atoms with E-state index >= 15 is 0 Å². The van der Waals surface area contributed by atoms with Gasteiger partial charge in [-0.15, -0.1) is 5.10 Å². The molecular weight excluding hydrogens is 383 g/mol. The average molecular weight is 404 g/mol. The number of hydrogen-bond acceptors (Lipinski definition) is 4. The molecule has 1 saturated carbocycles. The van der Waals surface area contributed by atoms with Crippen LogP contribution in [0.4, 0.5) is 10.1 Å². The highest BCUT2D eigenvalue weighted by Gasteiger charge is 2.25. The van der Waals surface area contributed by atoms with E-state index in [1.165, 1.54) is 4.57 Å². The van der Waals surface area contributed by atoms with Gasteiger partial charge < -0.3 is 4.57 Å². The zero-order valence-corrected chi connectivity index (χ0v) is 16.7. The van der Waals surface area contributed by atoms with Gasteiger partial charge in [0.1, 0.15) is 0 Å². The number of benzene rings is 1. The number of nitrogens with zero attached hydrogens (tertiary/aromatic N) is 3. The molecule has 0 bridgehead atoms. The quantitative estimate of drug-likeness (QED) is 0.708. The van der Waals surface area contributed by atoms with Crippen molar-refractivity contribution in [2.75, 3.05) is 11.0 Å². The third kappa shape index (κ3) is 3.54. The maximum atomic E-state index is 14.6. The van der Waals surface area contributed by atoms with Gasteiger partial charge in [0.25, 0.3) is 5.56 Å². The fraction of sp³-hybridized carbons (Fsp3) is 0.368. The van der Waals surface area contributed by atoms with Crippen molar-refractivity contribution in [1.29, 1.82) is 0 Å². The first-order valence-electron chi connectivity index (χ1n) is 8.98. The molecule has 0 saturated heterocycles. The Bertz CT molecular complexity index is 1230. The van der Waals surface area contributed by atoms with Crippen molar-refractivity contribution in [1.82, 2.24) is 14.3 Å². The Morgan fingerprint density at radius 3 is 2.57 bits per heavy atom. The Hall–Kier alpha value is -2.68. The van der Waals surface area contributed by atoms with Crippen LogP contribution in [-0.2, 0) is 23.6 Å². The number of rotatable bonds is 5. The predicted molar refractivity (Wildman–Crippen MR) is 106 cm³/mol. The molecule has 3 aromatic rings. The Balaban J connectivity index is 1.97. The number of aryl methyl sites for hydroxylation is 2. The van der Waals surface area contributed by atoms with Gasteiger partial charge in [-0.1, -0.05) is 0 Å². The summed E-state index contributed by atoms with van der Waals surface area (Å²) < 4.78 is 43.8. The first-order chi connectivity index (χ1) is 13.1. The fourth-order valence-corrected chi connectivity index (χ4v) is 3.98. The second-order valence-electron chi connectivity index (χ2n) is 7.54. The number of nitrogens with one attached hydrogen (secondary N) is 1. The summed E-state index contributed by atoms with van der Waals surface area (Å²) in [7, 11) is -1.96. The molecule has 4 rings (SSSR count). The molecule has 1 fully saturated rings. The summed E-state index contributed by atoms with van der Waals surface area (Å²) in [5.74, 6) is -0.234. The lowest BCUT2D eigenvalue weighted by Gasteiger charge is -2.12. The van der Waals surface area contributed by atoms with Crippen LogP contribution in [-0.4, -0.2) is 29.0 Å². The number of halogens is 1. The summed E-state index contributed by atoms with van der Waals surface area (Å²) in [5, 5.41) is 4.15. The zero-order valence-electron chi connectivity index (χ0n) is 15.9. The highest BCUT2D eigenvalue weighted by atomic mass is 32.2. The lowest BCUT2D eigenvalue weighted by Crippen LogP contribution is -2.18. The van der Waals surface area contributed by atoms with Crippen LogP contribution in [0.1, 0.15) is 18.4 Å². The smallest absolute Gasteiger partial charge is 0.253 e. The number of sulfonamides is 1. The van der Waals surface area contributed by atoms with E-state index in [9.17, 15) is 17.6 Å². The molecule has 0 unspecified atom stereocenters. The highest BCUT2D eigenvalue weighted by Crippen LogP contribution is 2.36. The van der Waals surface area contributed by atoms with Gasteiger partial charge in [-0.05, 0) is 55.0 Å². The summed E-state index contributed by atoms with van der Waals surface area (Å²) in [4.78, 5) is 12.0. The molecule has 1 aliphatic carbocycles. The molecular formula is C19H21FN4O3S. The fourth-order valence-electron chi connectivity index (χ4n) is 3.42. The lowest BCUT2D eigenvalue weighted by molar-refractivity contribution is 0.512. The van der Waals surface area contributed by atoms with Crippen molar-refractivity contribution >= 4 is 26.6 Å². The third-order valence-electron chi connectivity index (χ3n) is 4.93. The molecule has 2 aromatic heterocycles. The number of hydrogen-bond donors (Lipinski definition) is 1. The van der Waals surface area contributed by atoms with E-state index in [4.69, 9.17) is 0 Å². The van der Waals surface area contributed by atoms with E-state index in [0.717, 1.165) is 24.7 Å². The van der Waals surface area contributed by atoms with Crippen LogP contribution in [0, 0.1) is 18.8 Å². The SMILES string of the molecule is Cc1cc(-c2cc(NS(C)(=O)=O)c3c(F)nn(CC4CC4)c3c2)cn(C)c1=O. The molecule has 7 nitrogen and oxygen atoms in total. The summed E-state index contributed by atoms with van der Waals surface area (Å²) >= 11 is 0. The standard InChI is InChI=1S/C19H21FN4O3S/c1-11-6-14(10-23(2)19(11)25)13-7-15(22-28(3,26)27)17-16(8-13)24(21-18(17)20)9-12-4-5-12/h6-8,10,12,22H,4-5,9H2,1-3H3. The molecule has 1 aromatic carbocycles. The van der Waals surface area contributed by atoms with Crippen LogP contribution < -0.4 is 10.3 Å². The highest BCUT2D eigenvalue weighted by molar-refractivity contribution is 7.92. The summed E-state index contributed by atoms with van der Waals surface area (Å²) in [6.07, 6.45) is 4.86. The Morgan fingerprint density at radius 2 is 1.96 bits per heavy atom. The van der Waals surface area contributed by atoms with E-state index in [-0.39, 0.29) is 16.6 Å². The van der Waals surface area contributed by atoms with Crippen LogP contribution in [0.3, 0.4) is 0 Å². The summed E-state index contributed by atoms with van der Waals surface area (Å²) in [6.45, 7) is 2.31. The molecule has 0 spiro atoms. The minimum atomic E-state index is -3.62. The monoisotopic (exact) mass is 404 g/mol. The Labute approximate surface area is 161 Å². The molecule has 9 heteroatoms. The van der Waals surface area contributed by atoms with Gasteiger partial charge in [0, 0.05) is 25.4 Å². The van der Waals surface area contributed by atoms with Crippen molar-refractivity contribution < 1.29 is 12.8 Å². The van der Waals surface area contributed by atoms with E-state index < -0.39 is 16.0 Å². The van der Waals surface area contributed by atoms with E-state index in [2.05, 4.69) is 9.82 Å². The van der Waals surface area contributed by atoms with Gasteiger partial charge >= 0.3 is 0 Å². The topological polar surface area (TPSA) is 86.0 Å². The van der Waals surface area contributed by atoms with Crippen molar-refractivity contribution in [2.24, 2.45) is 13.0 Å². The average Bonchev–Trinajstić information content (AvgIpc) is 3.34. The second kappa shape index (κ2) is 6.44. The molecule has 1 N–H and O–H groups in total. The van der Waals surface area contributed by atoms with Crippen molar-refractivity contribution in [3.8, 4) is 11.1 Å². The number of anilines is 1. The Morgan fingerprint density at radius 1 is 1.25 bits per heavy atom. The molecule has 0 atom stereocenters. The van der Waals surface area contributed by atoms with Crippen LogP contribution in [0.5, 0.6) is 0 Å². The second-order valence-corrected chi connectivity index (χ2v) is 9.28. The largest absolute Gasteiger partial charge is 0.318 e. The van der Waals surface area contributed by atoms with Crippen molar-refractivity contribution in [3.63, 3.8) is 0 Å². The van der Waals surface area contributed by atoms with Gasteiger partial charge in [-0.25, -0.2) is 8.42 Å². The maximum absolute atomic E-state index is 14.6. The normalized spacial score (nSPS) is 14.6. The molecule has 0 aliphatic heterocycles. The third-order valence-corrected chi connectivity index (χ3v) is 5.52. The minimum Gasteiger partial charge on any atom is -0.318 e. The number of fused-ring (bicyclic) bond motifs is 1. The zero-order chi connectivity index (χ0) is 20.2. The van der Waals surface area contributed by atoms with Gasteiger partial charge in [-0.2, -0.15) is 4.39 Å². The van der Waals surface area contributed by atoms with Gasteiger partial charge in [0.15, 0.2) is 0 Å². The molecule has 0 amide bonds. The van der Waals surface area contributed by atoms with Crippen LogP contribution in [0.2, 0.25) is 0 Å². The molecule has 28 heavy (non-hydrogen) atoms. The van der Waals surface area contributed by atoms with Crippen LogP contribution >= 0.6 is 0 Å². The van der Waals surface area contributed by atoms with Crippen molar-refractivity contribution in [3.05, 3.63) is 46.3 Å². The first-order valence-corrected chi connectivity index (χ1v) is 10.9. The van der Waals surface area contributed by atoms with E-state index in [1.807, 2.05) is 0 Å². The van der Waals surface area contributed by atoms with Gasteiger partial charge in [0.2, 0.25) is 16.0 Å². The van der Waals surface area contributed by atoms with Crippen LogP contribution in [0.25, 0.3) is 22.0 Å². The maximum Gasteiger partial charge on any atom is 0.253 e. The molecule has 2 heterocycles. The molecule has 1 aliphatic rings. The van der Waals surface area contributed by atoms with E-state index in [1.54, 1.807) is 43.0 Å². The number of pyridine rings is 1. The minimum absolute atomic E-state index is 0.107. The van der Waals surface area contributed by atoms with Crippen molar-refractivity contribution in [2.45, 2.75) is 26.3 Å². The summed E-state index contributed by atoms with van der Waals surface area (Å²) in [6, 6.07) is 5.11. The van der Waals surface area contributed by atoms with Crippen LogP contribution in [0.15, 0.2) is 29.2 Å². The first kappa shape index (κ1) is 18.7. The lowest BCUT2D eigenvalue weighted by atomic mass is 10.0. The molecule has 0 radical (unpaired) electrons. The number of aromatic nitrogens is 3. The van der Waals surface area contributed by atoms with E-state index in [0.29, 0.717) is 29.1 Å². The predicted octanol–water partition coefficient (Wildman–Crippen LogP) is 2.63. The van der Waals surface area contributed by atoms with Gasteiger partial charge in [-0.3, -0.25) is 14.2 Å². The Kier molecular flexibility index (Phi) is 4.29. The summed E-state index contributed by atoms with van der Waals surface area (Å²) in [5.41, 5.74) is 2.53.